The maximum atomic E-state index is 13.0. The first kappa shape index (κ1) is 31.3. The number of imidazole rings is 1. The number of hydrogen-bond donors (Lipinski definition) is 3. The van der Waals surface area contributed by atoms with Crippen molar-refractivity contribution in [2.45, 2.75) is 49.1 Å². The molecule has 1 aliphatic rings. The van der Waals surface area contributed by atoms with Gasteiger partial charge in [-0.3, -0.25) is 0 Å². The zero-order valence-corrected chi connectivity index (χ0v) is 25.4. The molecule has 0 radical (unpaired) electrons. The number of aryl methyl sites for hydroxylation is 1. The smallest absolute Gasteiger partial charge is 0.328 e. The van der Waals surface area contributed by atoms with Crippen molar-refractivity contribution >= 4 is 29.4 Å². The Morgan fingerprint density at radius 1 is 1.05 bits per heavy atom. The summed E-state index contributed by atoms with van der Waals surface area (Å²) >= 11 is 1.62. The number of ether oxygens (including phenoxy) is 3. The molecule has 2 amide bonds. The molecule has 0 spiro atoms. The van der Waals surface area contributed by atoms with Gasteiger partial charge in [-0.2, -0.15) is 0 Å². The number of carbonyl (C=O) groups is 2. The lowest BCUT2D eigenvalue weighted by atomic mass is 10.0. The van der Waals surface area contributed by atoms with E-state index in [9.17, 15) is 14.7 Å². The predicted octanol–water partition coefficient (Wildman–Crippen LogP) is 5.16. The standard InChI is InChI=1S/C33H36N4O6S/c1-37-16-15-34-33(37)44-21-27-19-29(24-13-11-23(20-38)12-14-24)43-31(42-27)25-9-6-10-26(18-25)35-32(40)36-28(30(39)41-2)17-22-7-4-3-5-8-22/h3-16,18,27-29,31,38H,17,19-21H2,1-2H3,(H2,35,36,40). The Morgan fingerprint density at radius 3 is 2.55 bits per heavy atom. The topological polar surface area (TPSA) is 124 Å². The maximum Gasteiger partial charge on any atom is 0.328 e. The van der Waals surface area contributed by atoms with Gasteiger partial charge in [0, 0.05) is 49.3 Å². The Morgan fingerprint density at radius 2 is 1.84 bits per heavy atom. The molecule has 44 heavy (non-hydrogen) atoms. The van der Waals surface area contributed by atoms with E-state index in [0.29, 0.717) is 24.3 Å². The van der Waals surface area contributed by atoms with E-state index in [-0.39, 0.29) is 18.8 Å². The van der Waals surface area contributed by atoms with Crippen LogP contribution in [0, 0.1) is 0 Å². The van der Waals surface area contributed by atoms with E-state index in [1.807, 2.05) is 84.5 Å². The van der Waals surface area contributed by atoms with E-state index in [0.717, 1.165) is 27.4 Å². The van der Waals surface area contributed by atoms with Gasteiger partial charge in [0.15, 0.2) is 11.4 Å². The molecule has 10 nitrogen and oxygen atoms in total. The van der Waals surface area contributed by atoms with Crippen LogP contribution in [0.25, 0.3) is 0 Å². The molecule has 2 heterocycles. The zero-order valence-electron chi connectivity index (χ0n) is 24.6. The van der Waals surface area contributed by atoms with Crippen LogP contribution >= 0.6 is 11.8 Å². The van der Waals surface area contributed by atoms with Gasteiger partial charge in [0.25, 0.3) is 0 Å². The van der Waals surface area contributed by atoms with Crippen molar-refractivity contribution in [1.82, 2.24) is 14.9 Å². The summed E-state index contributed by atoms with van der Waals surface area (Å²) < 4.78 is 19.8. The minimum atomic E-state index is -0.856. The molecule has 5 rings (SSSR count). The summed E-state index contributed by atoms with van der Waals surface area (Å²) in [7, 11) is 3.25. The highest BCUT2D eigenvalue weighted by atomic mass is 32.2. The maximum absolute atomic E-state index is 13.0. The summed E-state index contributed by atoms with van der Waals surface area (Å²) in [6.07, 6.45) is 3.54. The zero-order chi connectivity index (χ0) is 30.9. The number of urea groups is 1. The molecule has 1 fully saturated rings. The van der Waals surface area contributed by atoms with E-state index in [2.05, 4.69) is 15.6 Å². The number of methoxy groups -OCH3 is 1. The van der Waals surface area contributed by atoms with Crippen molar-refractivity contribution < 1.29 is 28.9 Å². The largest absolute Gasteiger partial charge is 0.467 e. The van der Waals surface area contributed by atoms with Gasteiger partial charge >= 0.3 is 12.0 Å². The van der Waals surface area contributed by atoms with Crippen molar-refractivity contribution in [2.24, 2.45) is 7.05 Å². The van der Waals surface area contributed by atoms with Gasteiger partial charge in [-0.15, -0.1) is 0 Å². The third-order valence-corrected chi connectivity index (χ3v) is 8.47. The number of nitrogens with one attached hydrogen (secondary N) is 2. The van der Waals surface area contributed by atoms with Crippen molar-refractivity contribution in [3.63, 3.8) is 0 Å². The van der Waals surface area contributed by atoms with Crippen LogP contribution in [0.1, 0.15) is 41.1 Å². The molecule has 0 bridgehead atoms. The van der Waals surface area contributed by atoms with Gasteiger partial charge in [-0.1, -0.05) is 78.5 Å². The molecule has 0 saturated carbocycles. The van der Waals surface area contributed by atoms with Crippen LogP contribution in [0.5, 0.6) is 0 Å². The minimum Gasteiger partial charge on any atom is -0.467 e. The number of aliphatic hydroxyl groups excluding tert-OH is 1. The van der Waals surface area contributed by atoms with Gasteiger partial charge in [0.1, 0.15) is 6.04 Å². The van der Waals surface area contributed by atoms with Crippen LogP contribution in [-0.4, -0.2) is 51.7 Å². The number of carbonyl (C=O) groups excluding carboxylic acids is 2. The normalized spacial score (nSPS) is 18.8. The quantitative estimate of drug-likeness (QED) is 0.156. The summed E-state index contributed by atoms with van der Waals surface area (Å²) in [6.45, 7) is -0.0273. The number of thioether (sulfide) groups is 1. The number of aromatic nitrogens is 2. The van der Waals surface area contributed by atoms with E-state index in [1.54, 1.807) is 30.1 Å². The molecule has 4 unspecified atom stereocenters. The number of anilines is 1. The first-order valence-electron chi connectivity index (χ1n) is 14.3. The summed E-state index contributed by atoms with van der Waals surface area (Å²) in [5, 5.41) is 15.9. The van der Waals surface area contributed by atoms with Gasteiger partial charge in [-0.05, 0) is 28.8 Å². The summed E-state index contributed by atoms with van der Waals surface area (Å²) in [5.41, 5.74) is 3.97. The highest BCUT2D eigenvalue weighted by Crippen LogP contribution is 2.39. The van der Waals surface area contributed by atoms with Crippen LogP contribution in [0.4, 0.5) is 10.5 Å². The summed E-state index contributed by atoms with van der Waals surface area (Å²) in [4.78, 5) is 29.8. The monoisotopic (exact) mass is 616 g/mol. The Hall–Kier alpha value is -4.16. The molecule has 3 aromatic carbocycles. The van der Waals surface area contributed by atoms with E-state index >= 15 is 0 Å². The van der Waals surface area contributed by atoms with Crippen molar-refractivity contribution in [1.29, 1.82) is 0 Å². The van der Waals surface area contributed by atoms with Crippen LogP contribution in [0.3, 0.4) is 0 Å². The molecule has 11 heteroatoms. The lowest BCUT2D eigenvalue weighted by molar-refractivity contribution is -0.245. The van der Waals surface area contributed by atoms with E-state index in [1.165, 1.54) is 7.11 Å². The fraction of sp³-hybridized carbons (Fsp3) is 0.303. The third kappa shape index (κ3) is 8.26. The van der Waals surface area contributed by atoms with E-state index < -0.39 is 24.3 Å². The molecule has 1 aromatic heterocycles. The first-order valence-corrected chi connectivity index (χ1v) is 15.3. The Bertz CT molecular complexity index is 1530. The average Bonchev–Trinajstić information content (AvgIpc) is 3.47. The lowest BCUT2D eigenvalue weighted by Gasteiger charge is -2.36. The lowest BCUT2D eigenvalue weighted by Crippen LogP contribution is -2.45. The second-order valence-corrected chi connectivity index (χ2v) is 11.5. The molecular weight excluding hydrogens is 580 g/mol. The summed E-state index contributed by atoms with van der Waals surface area (Å²) in [6, 6.07) is 23.0. The second-order valence-electron chi connectivity index (χ2n) is 10.5. The average molecular weight is 617 g/mol. The number of esters is 1. The number of amides is 2. The van der Waals surface area contributed by atoms with Crippen LogP contribution < -0.4 is 10.6 Å². The highest BCUT2D eigenvalue weighted by Gasteiger charge is 2.33. The second kappa shape index (κ2) is 15.0. The third-order valence-electron chi connectivity index (χ3n) is 7.28. The fourth-order valence-electron chi connectivity index (χ4n) is 4.96. The van der Waals surface area contributed by atoms with Crippen molar-refractivity contribution in [3.05, 3.63) is 114 Å². The minimum absolute atomic E-state index is 0.0273. The number of hydrogen-bond acceptors (Lipinski definition) is 8. The van der Waals surface area contributed by atoms with Crippen LogP contribution in [-0.2, 0) is 39.1 Å². The van der Waals surface area contributed by atoms with Crippen molar-refractivity contribution in [3.8, 4) is 0 Å². The highest BCUT2D eigenvalue weighted by molar-refractivity contribution is 7.99. The SMILES string of the molecule is COC(=O)C(Cc1ccccc1)NC(=O)Nc1cccc(C2OC(CSc3nccn3C)CC(c3ccc(CO)cc3)O2)c1. The van der Waals surface area contributed by atoms with Crippen LogP contribution in [0.15, 0.2) is 96.4 Å². The predicted molar refractivity (Wildman–Crippen MR) is 167 cm³/mol. The van der Waals surface area contributed by atoms with Gasteiger partial charge < -0.3 is 34.5 Å². The molecule has 3 N–H and O–H groups in total. The molecule has 4 atom stereocenters. The Kier molecular flexibility index (Phi) is 10.7. The molecule has 0 aliphatic carbocycles. The molecular formula is C33H36N4O6S. The van der Waals surface area contributed by atoms with E-state index in [4.69, 9.17) is 14.2 Å². The van der Waals surface area contributed by atoms with Gasteiger partial charge in [0.05, 0.1) is 25.9 Å². The Balaban J connectivity index is 1.29. The molecule has 1 aliphatic heterocycles. The summed E-state index contributed by atoms with van der Waals surface area (Å²) in [5.74, 6) is 0.140. The number of benzene rings is 3. The fourth-order valence-corrected chi connectivity index (χ4v) is 5.90. The number of aliphatic hydroxyl groups is 1. The molecule has 1 saturated heterocycles. The first-order chi connectivity index (χ1) is 21.4. The number of nitrogens with zero attached hydrogens (tertiary/aromatic N) is 2. The van der Waals surface area contributed by atoms with Crippen LogP contribution in [0.2, 0.25) is 0 Å². The van der Waals surface area contributed by atoms with Crippen molar-refractivity contribution in [2.75, 3.05) is 18.2 Å². The molecule has 4 aromatic rings. The molecule has 230 valence electrons. The van der Waals surface area contributed by atoms with Gasteiger partial charge in [-0.25, -0.2) is 14.6 Å². The Labute approximate surface area is 260 Å². The van der Waals surface area contributed by atoms with Gasteiger partial charge in [0.2, 0.25) is 0 Å². The number of rotatable bonds is 11.